The fourth-order valence-electron chi connectivity index (χ4n) is 2.77. The Labute approximate surface area is 164 Å². The largest absolute Gasteiger partial charge is 2.00 e. The molecule has 0 aromatic heterocycles. The summed E-state index contributed by atoms with van der Waals surface area (Å²) in [6.45, 7) is 0. The molecule has 0 unspecified atom stereocenters. The number of rotatable bonds is 4. The molecule has 1 saturated carbocycles. The third-order valence-electron chi connectivity index (χ3n) is 3.76. The van der Waals surface area contributed by atoms with E-state index in [0.717, 1.165) is 18.4 Å². The van der Waals surface area contributed by atoms with Gasteiger partial charge in [-0.2, -0.15) is 0 Å². The normalized spacial score (nSPS) is 16.1. The van der Waals surface area contributed by atoms with Gasteiger partial charge in [0.25, 0.3) is 0 Å². The van der Waals surface area contributed by atoms with Gasteiger partial charge in [0, 0.05) is 5.57 Å². The second-order valence-corrected chi connectivity index (χ2v) is 5.12. The van der Waals surface area contributed by atoms with Crippen molar-refractivity contribution in [3.63, 3.8) is 0 Å². The summed E-state index contributed by atoms with van der Waals surface area (Å²) in [4.78, 5) is 21.6. The molecular weight excluding hydrogens is 394 g/mol. The van der Waals surface area contributed by atoms with Crippen LogP contribution in [0.4, 0.5) is 0 Å². The van der Waals surface area contributed by atoms with Crippen molar-refractivity contribution in [3.8, 4) is 0 Å². The molecule has 1 aromatic carbocycles. The van der Waals surface area contributed by atoms with Crippen LogP contribution in [0.5, 0.6) is 0 Å². The van der Waals surface area contributed by atoms with E-state index in [4.69, 9.17) is 0 Å². The summed E-state index contributed by atoms with van der Waals surface area (Å²) in [7, 11) is 0. The Kier molecular flexibility index (Phi) is 7.76. The van der Waals surface area contributed by atoms with Gasteiger partial charge in [0.05, 0.1) is 11.9 Å². The minimum atomic E-state index is -1.53. The summed E-state index contributed by atoms with van der Waals surface area (Å²) in [6, 6.07) is 7.05. The molecule has 0 atom stereocenters. The molecule has 1 aliphatic carbocycles. The summed E-state index contributed by atoms with van der Waals surface area (Å²) in [6.07, 6.45) is 6.36. The maximum Gasteiger partial charge on any atom is 2.00 e. The van der Waals surface area contributed by atoms with E-state index in [-0.39, 0.29) is 54.5 Å². The average Bonchev–Trinajstić information content (AvgIpc) is 2.45. The van der Waals surface area contributed by atoms with E-state index < -0.39 is 11.9 Å². The molecule has 1 aromatic rings. The summed E-state index contributed by atoms with van der Waals surface area (Å²) in [5.41, 5.74) is 1.08. The number of hydrogen-bond acceptors (Lipinski definition) is 4. The Morgan fingerprint density at radius 3 is 2.33 bits per heavy atom. The van der Waals surface area contributed by atoms with E-state index in [1.165, 1.54) is 19.3 Å². The number of aliphatic carboxylic acids is 2. The van der Waals surface area contributed by atoms with Crippen LogP contribution in [0.3, 0.4) is 0 Å². The molecule has 0 N–H and O–H groups in total. The maximum atomic E-state index is 11.1. The van der Waals surface area contributed by atoms with E-state index in [2.05, 4.69) is 0 Å². The molecule has 5 heteroatoms. The number of carboxylic acid groups (broad SMARTS) is 2. The number of carbonyl (C=O) groups excluding carboxylic acids is 2. The Morgan fingerprint density at radius 1 is 1.10 bits per heavy atom. The Morgan fingerprint density at radius 2 is 1.76 bits per heavy atom. The van der Waals surface area contributed by atoms with Crippen molar-refractivity contribution in [1.82, 2.24) is 0 Å². The minimum absolute atomic E-state index is 0. The van der Waals surface area contributed by atoms with Gasteiger partial charge in [-0.25, -0.2) is 0 Å². The summed E-state index contributed by atoms with van der Waals surface area (Å²) >= 11 is 0. The zero-order chi connectivity index (χ0) is 14.5. The molecule has 0 amide bonds. The first-order chi connectivity index (χ1) is 9.58. The Hall–Kier alpha value is -0.529. The van der Waals surface area contributed by atoms with Gasteiger partial charge in [0.2, 0.25) is 0 Å². The first-order valence-electron chi connectivity index (χ1n) is 6.82. The smallest absolute Gasteiger partial charge is 0.545 e. The second kappa shape index (κ2) is 8.80. The molecule has 0 spiro atoms. The minimum Gasteiger partial charge on any atom is -0.545 e. The van der Waals surface area contributed by atoms with Gasteiger partial charge in [-0.3, -0.25) is 0 Å². The molecule has 1 aliphatic rings. The maximum absolute atomic E-state index is 11.1. The van der Waals surface area contributed by atoms with E-state index in [9.17, 15) is 19.8 Å². The van der Waals surface area contributed by atoms with E-state index in [1.807, 2.05) is 6.07 Å². The first-order valence-corrected chi connectivity index (χ1v) is 6.82. The third-order valence-corrected chi connectivity index (χ3v) is 3.76. The van der Waals surface area contributed by atoms with Crippen LogP contribution in [-0.2, 0) is 9.59 Å². The van der Waals surface area contributed by atoms with Gasteiger partial charge in [-0.15, -0.1) is 0 Å². The molecule has 0 heterocycles. The van der Waals surface area contributed by atoms with Crippen LogP contribution >= 0.6 is 0 Å². The van der Waals surface area contributed by atoms with E-state index in [0.29, 0.717) is 17.6 Å². The second-order valence-electron chi connectivity index (χ2n) is 5.12. The number of carboxylic acids is 2. The number of benzene rings is 1. The molecule has 4 nitrogen and oxygen atoms in total. The van der Waals surface area contributed by atoms with Gasteiger partial charge in [0.1, 0.15) is 0 Å². The molecule has 0 aliphatic heterocycles. The average molecular weight is 410 g/mol. The third kappa shape index (κ3) is 5.31. The summed E-state index contributed by atoms with van der Waals surface area (Å²) in [5, 5.41) is 21.6. The zero-order valence-electron chi connectivity index (χ0n) is 11.8. The van der Waals surface area contributed by atoms with Crippen molar-refractivity contribution < 1.29 is 19.8 Å². The Balaban J connectivity index is 0.00000220. The molecular formula is C16H16BaO4. The molecule has 106 valence electrons. The quantitative estimate of drug-likeness (QED) is 0.527. The van der Waals surface area contributed by atoms with Gasteiger partial charge >= 0.3 is 48.9 Å². The number of carbonyl (C=O) groups is 2. The van der Waals surface area contributed by atoms with Crippen LogP contribution in [0.2, 0.25) is 0 Å². The van der Waals surface area contributed by atoms with Crippen LogP contribution in [-0.4, -0.2) is 60.8 Å². The standard InChI is InChI=1S/C16H18O4.Ba/c17-15(18)10-14(16(19)20)13-8-4-7-12(9-13)11-5-2-1-3-6-11;/h4,7-11H,1-3,5-6H2,(H,17,18)(H,19,20);/q;+2/p-2/b14-10-;. The molecule has 21 heavy (non-hydrogen) atoms. The molecule has 2 rings (SSSR count). The molecule has 0 bridgehead atoms. The van der Waals surface area contributed by atoms with Crippen molar-refractivity contribution in [3.05, 3.63) is 41.5 Å². The Bertz CT molecular complexity index is 545. The SMILES string of the molecule is O=C([O-])/C=C(\C(=O)[O-])c1cccc(C2CCCCC2)c1.[Ba+2]. The van der Waals surface area contributed by atoms with Crippen LogP contribution in [0.15, 0.2) is 30.3 Å². The monoisotopic (exact) mass is 410 g/mol. The van der Waals surface area contributed by atoms with E-state index >= 15 is 0 Å². The number of hydrogen-bond donors (Lipinski definition) is 0. The van der Waals surface area contributed by atoms with Gasteiger partial charge in [0.15, 0.2) is 0 Å². The zero-order valence-corrected chi connectivity index (χ0v) is 16.3. The topological polar surface area (TPSA) is 80.3 Å². The first kappa shape index (κ1) is 18.5. The van der Waals surface area contributed by atoms with Crippen LogP contribution < -0.4 is 10.2 Å². The van der Waals surface area contributed by atoms with E-state index in [1.54, 1.807) is 18.2 Å². The van der Waals surface area contributed by atoms with Crippen molar-refractivity contribution >= 4 is 66.4 Å². The fourth-order valence-corrected chi connectivity index (χ4v) is 2.77. The predicted octanol–water partition coefficient (Wildman–Crippen LogP) is 0.237. The van der Waals surface area contributed by atoms with Gasteiger partial charge < -0.3 is 19.8 Å². The molecule has 1 fully saturated rings. The molecule has 0 radical (unpaired) electrons. The van der Waals surface area contributed by atoms with Crippen molar-refractivity contribution in [1.29, 1.82) is 0 Å². The van der Waals surface area contributed by atoms with Crippen LogP contribution in [0.25, 0.3) is 5.57 Å². The van der Waals surface area contributed by atoms with Crippen LogP contribution in [0, 0.1) is 0 Å². The van der Waals surface area contributed by atoms with Gasteiger partial charge in [-0.1, -0.05) is 43.5 Å². The molecule has 0 saturated heterocycles. The van der Waals surface area contributed by atoms with Crippen molar-refractivity contribution in [2.24, 2.45) is 0 Å². The predicted molar refractivity (Wildman–Crippen MR) is 76.0 cm³/mol. The van der Waals surface area contributed by atoms with Crippen molar-refractivity contribution in [2.45, 2.75) is 38.0 Å². The summed E-state index contributed by atoms with van der Waals surface area (Å²) in [5.74, 6) is -2.61. The van der Waals surface area contributed by atoms with Crippen molar-refractivity contribution in [2.75, 3.05) is 0 Å². The van der Waals surface area contributed by atoms with Gasteiger partial charge in [-0.05, 0) is 36.0 Å². The fraction of sp³-hybridized carbons (Fsp3) is 0.375. The van der Waals surface area contributed by atoms with Crippen LogP contribution in [0.1, 0.15) is 49.1 Å². The summed E-state index contributed by atoms with van der Waals surface area (Å²) < 4.78 is 0.